The molecule has 1 N–H and O–H groups in total. The Balaban J connectivity index is 2.51. The molecule has 0 spiro atoms. The molecule has 0 saturated carbocycles. The highest BCUT2D eigenvalue weighted by Crippen LogP contribution is 2.05. The van der Waals surface area contributed by atoms with Crippen molar-refractivity contribution in [2.24, 2.45) is 7.05 Å². The molecule has 18 heavy (non-hydrogen) atoms. The molecular formula is C12H21N3O3. The molecule has 0 saturated heterocycles. The van der Waals surface area contributed by atoms with Gasteiger partial charge >= 0.3 is 0 Å². The van der Waals surface area contributed by atoms with Gasteiger partial charge in [-0.3, -0.25) is 9.48 Å². The predicted molar refractivity (Wildman–Crippen MR) is 67.3 cm³/mol. The van der Waals surface area contributed by atoms with E-state index in [2.05, 4.69) is 10.4 Å². The fourth-order valence-corrected chi connectivity index (χ4v) is 1.53. The first-order chi connectivity index (χ1) is 8.60. The van der Waals surface area contributed by atoms with Crippen LogP contribution < -0.4 is 5.32 Å². The van der Waals surface area contributed by atoms with Gasteiger partial charge in [0.25, 0.3) is 5.91 Å². The maximum Gasteiger partial charge on any atom is 0.254 e. The summed E-state index contributed by atoms with van der Waals surface area (Å²) >= 11 is 0. The quantitative estimate of drug-likeness (QED) is 0.734. The number of aromatic nitrogens is 2. The minimum absolute atomic E-state index is 0.162. The van der Waals surface area contributed by atoms with Gasteiger partial charge in [0.05, 0.1) is 18.3 Å². The number of nitrogens with one attached hydrogen (secondary N) is 1. The Morgan fingerprint density at radius 2 is 2.06 bits per heavy atom. The first-order valence-corrected chi connectivity index (χ1v) is 6.10. The van der Waals surface area contributed by atoms with Gasteiger partial charge in [-0.25, -0.2) is 0 Å². The van der Waals surface area contributed by atoms with E-state index in [1.165, 1.54) is 0 Å². The molecule has 0 unspecified atom stereocenters. The van der Waals surface area contributed by atoms with E-state index in [9.17, 15) is 4.79 Å². The van der Waals surface area contributed by atoms with Crippen LogP contribution in [0, 0.1) is 6.92 Å². The van der Waals surface area contributed by atoms with Crippen LogP contribution in [0.1, 0.15) is 29.9 Å². The number of rotatable bonds is 7. The number of nitrogens with zero attached hydrogens (tertiary/aromatic N) is 2. The van der Waals surface area contributed by atoms with E-state index >= 15 is 0 Å². The van der Waals surface area contributed by atoms with Crippen molar-refractivity contribution in [1.82, 2.24) is 15.1 Å². The summed E-state index contributed by atoms with van der Waals surface area (Å²) in [4.78, 5) is 11.9. The van der Waals surface area contributed by atoms with Gasteiger partial charge in [0.15, 0.2) is 6.29 Å². The molecule has 1 heterocycles. The first-order valence-electron chi connectivity index (χ1n) is 6.10. The van der Waals surface area contributed by atoms with Crippen LogP contribution >= 0.6 is 0 Å². The fraction of sp³-hybridized carbons (Fsp3) is 0.667. The van der Waals surface area contributed by atoms with Gasteiger partial charge in [0.1, 0.15) is 0 Å². The van der Waals surface area contributed by atoms with Crippen molar-refractivity contribution in [3.63, 3.8) is 0 Å². The fourth-order valence-electron chi connectivity index (χ4n) is 1.53. The highest BCUT2D eigenvalue weighted by molar-refractivity contribution is 5.95. The first kappa shape index (κ1) is 14.7. The standard InChI is InChI=1S/C12H21N3O3/c1-5-17-11(18-6-2)8-13-12(16)10-7-14-15(4)9(10)3/h7,11H,5-6,8H2,1-4H3,(H,13,16). The minimum Gasteiger partial charge on any atom is -0.351 e. The third kappa shape index (κ3) is 3.82. The van der Waals surface area contributed by atoms with Gasteiger partial charge < -0.3 is 14.8 Å². The molecule has 0 atom stereocenters. The predicted octanol–water partition coefficient (Wildman–Crippen LogP) is 0.857. The number of hydrogen-bond donors (Lipinski definition) is 1. The topological polar surface area (TPSA) is 65.4 Å². The van der Waals surface area contributed by atoms with E-state index in [0.717, 1.165) is 5.69 Å². The Morgan fingerprint density at radius 3 is 2.50 bits per heavy atom. The monoisotopic (exact) mass is 255 g/mol. The number of hydrogen-bond acceptors (Lipinski definition) is 4. The summed E-state index contributed by atoms with van der Waals surface area (Å²) in [7, 11) is 1.80. The normalized spacial score (nSPS) is 10.9. The van der Waals surface area contributed by atoms with Crippen LogP contribution in [0.25, 0.3) is 0 Å². The number of carbonyl (C=O) groups excluding carboxylic acids is 1. The second kappa shape index (κ2) is 7.13. The van der Waals surface area contributed by atoms with Crippen molar-refractivity contribution in [2.45, 2.75) is 27.1 Å². The molecule has 0 aliphatic heterocycles. The van der Waals surface area contributed by atoms with Gasteiger partial charge in [-0.15, -0.1) is 0 Å². The zero-order valence-electron chi connectivity index (χ0n) is 11.4. The highest BCUT2D eigenvalue weighted by atomic mass is 16.7. The van der Waals surface area contributed by atoms with Crippen molar-refractivity contribution in [3.05, 3.63) is 17.5 Å². The van der Waals surface area contributed by atoms with E-state index in [1.54, 1.807) is 17.9 Å². The summed E-state index contributed by atoms with van der Waals surface area (Å²) in [6.45, 7) is 7.05. The average molecular weight is 255 g/mol. The molecule has 0 aliphatic rings. The van der Waals surface area contributed by atoms with E-state index in [1.807, 2.05) is 20.8 Å². The lowest BCUT2D eigenvalue weighted by atomic mass is 10.2. The van der Waals surface area contributed by atoms with E-state index < -0.39 is 6.29 Å². The SMILES string of the molecule is CCOC(CNC(=O)c1cnn(C)c1C)OCC. The lowest BCUT2D eigenvalue weighted by Crippen LogP contribution is -2.35. The lowest BCUT2D eigenvalue weighted by molar-refractivity contribution is -0.131. The Bertz CT molecular complexity index is 384. The highest BCUT2D eigenvalue weighted by Gasteiger charge is 2.15. The lowest BCUT2D eigenvalue weighted by Gasteiger charge is -2.17. The number of ether oxygens (including phenoxy) is 2. The van der Waals surface area contributed by atoms with Crippen LogP contribution in [0.3, 0.4) is 0 Å². The Morgan fingerprint density at radius 1 is 1.44 bits per heavy atom. The zero-order valence-corrected chi connectivity index (χ0v) is 11.4. The number of aryl methyl sites for hydroxylation is 1. The van der Waals surface area contributed by atoms with Crippen molar-refractivity contribution < 1.29 is 14.3 Å². The second-order valence-electron chi connectivity index (χ2n) is 3.82. The summed E-state index contributed by atoms with van der Waals surface area (Å²) in [5.74, 6) is -0.162. The van der Waals surface area contributed by atoms with Crippen LogP contribution in [-0.2, 0) is 16.5 Å². The summed E-state index contributed by atoms with van der Waals surface area (Å²) < 4.78 is 12.4. The smallest absolute Gasteiger partial charge is 0.254 e. The molecule has 1 aromatic heterocycles. The van der Waals surface area contributed by atoms with Crippen molar-refractivity contribution >= 4 is 5.91 Å². The second-order valence-corrected chi connectivity index (χ2v) is 3.82. The Hall–Kier alpha value is -1.40. The van der Waals surface area contributed by atoms with Gasteiger partial charge in [-0.05, 0) is 20.8 Å². The van der Waals surface area contributed by atoms with Crippen molar-refractivity contribution in [2.75, 3.05) is 19.8 Å². The average Bonchev–Trinajstić information content (AvgIpc) is 2.67. The third-order valence-electron chi connectivity index (χ3n) is 2.61. The van der Waals surface area contributed by atoms with Crippen LogP contribution in [-0.4, -0.2) is 41.7 Å². The molecule has 102 valence electrons. The molecule has 0 aliphatic carbocycles. The summed E-state index contributed by atoms with van der Waals surface area (Å²) in [6.07, 6.45) is 1.15. The Labute approximate surface area is 107 Å². The molecule has 1 amide bonds. The number of carbonyl (C=O) groups is 1. The minimum atomic E-state index is -0.402. The maximum atomic E-state index is 11.9. The van der Waals surface area contributed by atoms with E-state index in [-0.39, 0.29) is 5.91 Å². The molecular weight excluding hydrogens is 234 g/mol. The molecule has 0 radical (unpaired) electrons. The third-order valence-corrected chi connectivity index (χ3v) is 2.61. The molecule has 0 bridgehead atoms. The van der Waals surface area contributed by atoms with Gasteiger partial charge in [0, 0.05) is 26.0 Å². The Kier molecular flexibility index (Phi) is 5.80. The molecule has 1 rings (SSSR count). The zero-order chi connectivity index (χ0) is 13.5. The molecule has 6 nitrogen and oxygen atoms in total. The summed E-state index contributed by atoms with van der Waals surface area (Å²) in [5.41, 5.74) is 1.40. The van der Waals surface area contributed by atoms with Crippen LogP contribution in [0.5, 0.6) is 0 Å². The molecule has 0 aromatic carbocycles. The molecule has 6 heteroatoms. The molecule has 0 fully saturated rings. The molecule has 1 aromatic rings. The summed E-state index contributed by atoms with van der Waals surface area (Å²) in [6, 6.07) is 0. The van der Waals surface area contributed by atoms with Crippen molar-refractivity contribution in [1.29, 1.82) is 0 Å². The van der Waals surface area contributed by atoms with Gasteiger partial charge in [-0.1, -0.05) is 0 Å². The van der Waals surface area contributed by atoms with Crippen LogP contribution in [0.4, 0.5) is 0 Å². The maximum absolute atomic E-state index is 11.9. The van der Waals surface area contributed by atoms with Crippen LogP contribution in [0.2, 0.25) is 0 Å². The number of amides is 1. The van der Waals surface area contributed by atoms with Crippen LogP contribution in [0.15, 0.2) is 6.20 Å². The van der Waals surface area contributed by atoms with Gasteiger partial charge in [-0.2, -0.15) is 5.10 Å². The van der Waals surface area contributed by atoms with E-state index in [4.69, 9.17) is 9.47 Å². The van der Waals surface area contributed by atoms with Gasteiger partial charge in [0.2, 0.25) is 0 Å². The summed E-state index contributed by atoms with van der Waals surface area (Å²) in [5, 5.41) is 6.81. The van der Waals surface area contributed by atoms with E-state index in [0.29, 0.717) is 25.3 Å². The van der Waals surface area contributed by atoms with Crippen molar-refractivity contribution in [3.8, 4) is 0 Å². The largest absolute Gasteiger partial charge is 0.351 e.